The summed E-state index contributed by atoms with van der Waals surface area (Å²) in [7, 11) is 0. The van der Waals surface area contributed by atoms with E-state index < -0.39 is 4.92 Å². The van der Waals surface area contributed by atoms with Gasteiger partial charge in [0.1, 0.15) is 0 Å². The van der Waals surface area contributed by atoms with Crippen LogP contribution in [0.25, 0.3) is 11.5 Å². The van der Waals surface area contributed by atoms with Gasteiger partial charge in [0.2, 0.25) is 0 Å². The zero-order chi connectivity index (χ0) is 14.8. The van der Waals surface area contributed by atoms with Crippen LogP contribution in [0, 0.1) is 17.0 Å². The second-order valence-corrected chi connectivity index (χ2v) is 5.26. The molecule has 110 valence electrons. The molecule has 0 spiro atoms. The van der Waals surface area contributed by atoms with E-state index in [1.807, 2.05) is 0 Å². The second-order valence-electron chi connectivity index (χ2n) is 5.26. The smallest absolute Gasteiger partial charge is 0.269 e. The van der Waals surface area contributed by atoms with Crippen molar-refractivity contribution in [2.45, 2.75) is 25.7 Å². The third kappa shape index (κ3) is 2.78. The van der Waals surface area contributed by atoms with Crippen LogP contribution < -0.4 is 5.32 Å². The van der Waals surface area contributed by atoms with Gasteiger partial charge in [0, 0.05) is 30.2 Å². The predicted molar refractivity (Wildman–Crippen MR) is 76.0 cm³/mol. The first kappa shape index (κ1) is 13.7. The van der Waals surface area contributed by atoms with Crippen LogP contribution in [0.4, 0.5) is 5.69 Å². The first-order valence-corrected chi connectivity index (χ1v) is 6.95. The zero-order valence-corrected chi connectivity index (χ0v) is 11.7. The summed E-state index contributed by atoms with van der Waals surface area (Å²) < 4.78 is 5.33. The normalized spacial score (nSPS) is 18.6. The molecule has 0 radical (unpaired) electrons. The minimum atomic E-state index is -0.413. The Bertz CT molecular complexity index is 662. The number of aryl methyl sites for hydroxylation is 1. The largest absolute Gasteiger partial charge is 0.334 e. The molecular weight excluding hydrogens is 272 g/mol. The fraction of sp³-hybridized carbons (Fsp3) is 0.429. The summed E-state index contributed by atoms with van der Waals surface area (Å²) in [5, 5.41) is 18.1. The molecule has 1 fully saturated rings. The highest BCUT2D eigenvalue weighted by Gasteiger charge is 2.22. The van der Waals surface area contributed by atoms with E-state index in [1.165, 1.54) is 12.1 Å². The number of benzene rings is 1. The number of aromatic nitrogens is 2. The maximum Gasteiger partial charge on any atom is 0.269 e. The minimum Gasteiger partial charge on any atom is -0.334 e. The van der Waals surface area contributed by atoms with E-state index in [4.69, 9.17) is 4.52 Å². The number of piperidine rings is 1. The van der Waals surface area contributed by atoms with E-state index in [2.05, 4.69) is 15.5 Å². The Morgan fingerprint density at radius 3 is 3.00 bits per heavy atom. The lowest BCUT2D eigenvalue weighted by molar-refractivity contribution is -0.384. The highest BCUT2D eigenvalue weighted by molar-refractivity contribution is 5.61. The first-order valence-electron chi connectivity index (χ1n) is 6.95. The van der Waals surface area contributed by atoms with Gasteiger partial charge in [-0.15, -0.1) is 0 Å². The van der Waals surface area contributed by atoms with Crippen molar-refractivity contribution in [3.8, 4) is 11.5 Å². The summed E-state index contributed by atoms with van der Waals surface area (Å²) in [4.78, 5) is 14.8. The van der Waals surface area contributed by atoms with Crippen molar-refractivity contribution in [3.63, 3.8) is 0 Å². The van der Waals surface area contributed by atoms with Gasteiger partial charge in [0.15, 0.2) is 5.82 Å². The molecule has 1 aromatic carbocycles. The van der Waals surface area contributed by atoms with E-state index in [-0.39, 0.29) is 11.6 Å². The monoisotopic (exact) mass is 288 g/mol. The molecule has 1 aliphatic heterocycles. The number of nitrogens with zero attached hydrogens (tertiary/aromatic N) is 3. The van der Waals surface area contributed by atoms with Crippen molar-refractivity contribution in [2.75, 3.05) is 13.1 Å². The third-order valence-corrected chi connectivity index (χ3v) is 3.75. The van der Waals surface area contributed by atoms with Crippen molar-refractivity contribution >= 4 is 5.69 Å². The lowest BCUT2D eigenvalue weighted by Gasteiger charge is -2.19. The maximum absolute atomic E-state index is 10.8. The summed E-state index contributed by atoms with van der Waals surface area (Å²) in [5.41, 5.74) is 1.55. The van der Waals surface area contributed by atoms with Crippen LogP contribution in [0.2, 0.25) is 0 Å². The van der Waals surface area contributed by atoms with Crippen LogP contribution in [-0.2, 0) is 0 Å². The number of nitro benzene ring substituents is 1. The van der Waals surface area contributed by atoms with Gasteiger partial charge in [-0.05, 0) is 37.9 Å². The van der Waals surface area contributed by atoms with Gasteiger partial charge in [-0.2, -0.15) is 4.98 Å². The Labute approximate surface area is 121 Å². The van der Waals surface area contributed by atoms with Crippen molar-refractivity contribution in [3.05, 3.63) is 39.7 Å². The SMILES string of the molecule is Cc1cc([N+](=O)[O-])ccc1-c1nc(C2CCCNC2)no1. The Hall–Kier alpha value is -2.28. The molecule has 7 nitrogen and oxygen atoms in total. The molecule has 1 aromatic heterocycles. The van der Waals surface area contributed by atoms with Crippen LogP contribution in [0.15, 0.2) is 22.7 Å². The van der Waals surface area contributed by atoms with Gasteiger partial charge in [-0.1, -0.05) is 5.16 Å². The van der Waals surface area contributed by atoms with Crippen LogP contribution in [0.5, 0.6) is 0 Å². The van der Waals surface area contributed by atoms with Crippen molar-refractivity contribution in [2.24, 2.45) is 0 Å². The Balaban J connectivity index is 1.87. The fourth-order valence-electron chi connectivity index (χ4n) is 2.58. The van der Waals surface area contributed by atoms with Crippen LogP contribution in [0.1, 0.15) is 30.1 Å². The number of nitrogens with one attached hydrogen (secondary N) is 1. The molecule has 1 N–H and O–H groups in total. The Morgan fingerprint density at radius 1 is 1.48 bits per heavy atom. The Morgan fingerprint density at radius 2 is 2.33 bits per heavy atom. The van der Waals surface area contributed by atoms with Crippen molar-refractivity contribution in [1.82, 2.24) is 15.5 Å². The average Bonchev–Trinajstić information content (AvgIpc) is 2.97. The Kier molecular flexibility index (Phi) is 3.66. The van der Waals surface area contributed by atoms with Crippen LogP contribution in [-0.4, -0.2) is 28.2 Å². The maximum atomic E-state index is 10.8. The molecule has 21 heavy (non-hydrogen) atoms. The molecule has 1 aliphatic rings. The summed E-state index contributed by atoms with van der Waals surface area (Å²) in [6.45, 7) is 3.69. The lowest BCUT2D eigenvalue weighted by Crippen LogP contribution is -2.28. The summed E-state index contributed by atoms with van der Waals surface area (Å²) >= 11 is 0. The third-order valence-electron chi connectivity index (χ3n) is 3.75. The van der Waals surface area contributed by atoms with Crippen molar-refractivity contribution in [1.29, 1.82) is 0 Å². The van der Waals surface area contributed by atoms with Gasteiger partial charge in [0.05, 0.1) is 4.92 Å². The summed E-state index contributed by atoms with van der Waals surface area (Å²) in [6.07, 6.45) is 2.15. The van der Waals surface area contributed by atoms with E-state index in [0.717, 1.165) is 37.1 Å². The van der Waals surface area contributed by atoms with Gasteiger partial charge >= 0.3 is 0 Å². The minimum absolute atomic E-state index is 0.0625. The molecule has 0 aliphatic carbocycles. The molecule has 3 rings (SSSR count). The zero-order valence-electron chi connectivity index (χ0n) is 11.7. The number of hydrogen-bond donors (Lipinski definition) is 1. The average molecular weight is 288 g/mol. The van der Waals surface area contributed by atoms with Gasteiger partial charge in [-0.25, -0.2) is 0 Å². The van der Waals surface area contributed by atoms with Gasteiger partial charge < -0.3 is 9.84 Å². The van der Waals surface area contributed by atoms with E-state index in [0.29, 0.717) is 11.7 Å². The first-order chi connectivity index (χ1) is 10.1. The molecule has 1 atom stereocenters. The van der Waals surface area contributed by atoms with Crippen molar-refractivity contribution < 1.29 is 9.45 Å². The quantitative estimate of drug-likeness (QED) is 0.688. The molecule has 2 heterocycles. The second kappa shape index (κ2) is 5.61. The van der Waals surface area contributed by atoms with Crippen LogP contribution in [0.3, 0.4) is 0 Å². The van der Waals surface area contributed by atoms with E-state index >= 15 is 0 Å². The van der Waals surface area contributed by atoms with Crippen LogP contribution >= 0.6 is 0 Å². The highest BCUT2D eigenvalue weighted by Crippen LogP contribution is 2.28. The predicted octanol–water partition coefficient (Wildman–Crippen LogP) is 2.42. The summed E-state index contributed by atoms with van der Waals surface area (Å²) in [5.74, 6) is 1.40. The fourth-order valence-corrected chi connectivity index (χ4v) is 2.58. The number of hydrogen-bond acceptors (Lipinski definition) is 6. The van der Waals surface area contributed by atoms with Gasteiger partial charge in [0.25, 0.3) is 11.6 Å². The molecule has 1 saturated heterocycles. The molecular formula is C14H16N4O3. The molecule has 7 heteroatoms. The van der Waals surface area contributed by atoms with E-state index in [9.17, 15) is 10.1 Å². The topological polar surface area (TPSA) is 94.1 Å². The van der Waals surface area contributed by atoms with Gasteiger partial charge in [-0.3, -0.25) is 10.1 Å². The number of rotatable bonds is 3. The molecule has 0 saturated carbocycles. The lowest BCUT2D eigenvalue weighted by atomic mass is 9.99. The standard InChI is InChI=1S/C14H16N4O3/c1-9-7-11(18(19)20)4-5-12(9)14-16-13(17-21-14)10-3-2-6-15-8-10/h4-5,7,10,15H,2-3,6,8H2,1H3. The summed E-state index contributed by atoms with van der Waals surface area (Å²) in [6, 6.07) is 4.62. The van der Waals surface area contributed by atoms with E-state index in [1.54, 1.807) is 13.0 Å². The molecule has 0 amide bonds. The molecule has 1 unspecified atom stereocenters. The number of nitro groups is 1. The highest BCUT2D eigenvalue weighted by atomic mass is 16.6. The molecule has 0 bridgehead atoms. The number of non-ortho nitro benzene ring substituents is 1. The molecule has 2 aromatic rings.